The maximum absolute atomic E-state index is 15.1. The zero-order valence-corrected chi connectivity index (χ0v) is 20.3. The summed E-state index contributed by atoms with van der Waals surface area (Å²) in [5.41, 5.74) is 2.57. The summed E-state index contributed by atoms with van der Waals surface area (Å²) in [5.74, 6) is -2.58. The van der Waals surface area contributed by atoms with E-state index in [0.717, 1.165) is 5.56 Å². The number of methoxy groups -OCH3 is 1. The summed E-state index contributed by atoms with van der Waals surface area (Å²) < 4.78 is 25.5. The standard InChI is InChI=1S/C26H24Cl2FNO4/c1-14-22(26(32)34-11-10-33-2)25(23-18(28)8-5-9-19(23)29)24-20(30-14)12-15(13-21(24)31)16-6-3-4-7-17(16)27/h3-9,15,25,30H,10-13H2,1-2H3/t15-,25-/m1/s1. The molecule has 4 rings (SSSR count). The Hall–Kier alpha value is -2.67. The molecule has 1 aliphatic heterocycles. The number of dihydropyridines is 1. The number of hydrogen-bond acceptors (Lipinski definition) is 5. The molecule has 0 bridgehead atoms. The van der Waals surface area contributed by atoms with Crippen LogP contribution in [0.4, 0.5) is 4.39 Å². The summed E-state index contributed by atoms with van der Waals surface area (Å²) in [4.78, 5) is 26.7. The first-order valence-corrected chi connectivity index (χ1v) is 11.7. The van der Waals surface area contributed by atoms with Crippen molar-refractivity contribution in [3.63, 3.8) is 0 Å². The Morgan fingerprint density at radius 2 is 1.82 bits per heavy atom. The first-order valence-electron chi connectivity index (χ1n) is 10.9. The molecule has 0 aromatic heterocycles. The van der Waals surface area contributed by atoms with Crippen molar-refractivity contribution in [1.29, 1.82) is 0 Å². The number of allylic oxidation sites excluding steroid dienone is 3. The topological polar surface area (TPSA) is 64.6 Å². The molecule has 0 radical (unpaired) electrons. The highest BCUT2D eigenvalue weighted by Crippen LogP contribution is 2.48. The monoisotopic (exact) mass is 503 g/mol. The molecule has 0 saturated heterocycles. The average molecular weight is 504 g/mol. The minimum atomic E-state index is -0.986. The number of halogens is 3. The van der Waals surface area contributed by atoms with Crippen LogP contribution in [0.2, 0.25) is 10.0 Å². The number of esters is 1. The fourth-order valence-electron chi connectivity index (χ4n) is 4.71. The van der Waals surface area contributed by atoms with E-state index >= 15 is 4.39 Å². The molecule has 34 heavy (non-hydrogen) atoms. The fourth-order valence-corrected chi connectivity index (χ4v) is 5.27. The second kappa shape index (κ2) is 10.3. The molecule has 1 heterocycles. The molecule has 8 heteroatoms. The Balaban J connectivity index is 1.81. The smallest absolute Gasteiger partial charge is 0.336 e. The summed E-state index contributed by atoms with van der Waals surface area (Å²) in [6.45, 7) is 1.95. The van der Waals surface area contributed by atoms with Crippen molar-refractivity contribution >= 4 is 35.0 Å². The molecule has 1 aliphatic carbocycles. The van der Waals surface area contributed by atoms with Gasteiger partial charge in [-0.1, -0.05) is 47.5 Å². The number of ketones is 1. The molecule has 2 aliphatic rings. The van der Waals surface area contributed by atoms with Crippen molar-refractivity contribution in [2.75, 3.05) is 20.3 Å². The molecular formula is C26H24Cl2FNO4. The average Bonchev–Trinajstić information content (AvgIpc) is 2.78. The number of carbonyl (C=O) groups is 2. The van der Waals surface area contributed by atoms with E-state index < -0.39 is 17.7 Å². The molecule has 178 valence electrons. The molecule has 0 unspecified atom stereocenters. The zero-order chi connectivity index (χ0) is 24.4. The van der Waals surface area contributed by atoms with Gasteiger partial charge < -0.3 is 14.8 Å². The molecule has 0 fully saturated rings. The number of nitrogens with one attached hydrogen (secondary N) is 1. The predicted octanol–water partition coefficient (Wildman–Crippen LogP) is 5.68. The second-order valence-corrected chi connectivity index (χ2v) is 9.12. The Morgan fingerprint density at radius 1 is 1.09 bits per heavy atom. The van der Waals surface area contributed by atoms with Crippen molar-refractivity contribution in [2.45, 2.75) is 31.6 Å². The van der Waals surface area contributed by atoms with Crippen LogP contribution in [0.3, 0.4) is 0 Å². The van der Waals surface area contributed by atoms with Gasteiger partial charge in [0.15, 0.2) is 5.78 Å². The number of carbonyl (C=O) groups excluding carboxylic acids is 2. The molecule has 0 saturated carbocycles. The Bertz CT molecular complexity index is 1190. The van der Waals surface area contributed by atoms with Crippen LogP contribution in [0, 0.1) is 5.82 Å². The normalized spacial score (nSPS) is 20.2. The van der Waals surface area contributed by atoms with Gasteiger partial charge in [-0.25, -0.2) is 9.18 Å². The highest BCUT2D eigenvalue weighted by Gasteiger charge is 2.43. The van der Waals surface area contributed by atoms with Crippen LogP contribution in [0.15, 0.2) is 65.0 Å². The number of ether oxygens (including phenoxy) is 2. The van der Waals surface area contributed by atoms with E-state index in [1.807, 2.05) is 18.2 Å². The van der Waals surface area contributed by atoms with Crippen LogP contribution >= 0.6 is 23.2 Å². The van der Waals surface area contributed by atoms with Crippen LogP contribution in [0.25, 0.3) is 0 Å². The minimum absolute atomic E-state index is 0.0261. The van der Waals surface area contributed by atoms with Gasteiger partial charge in [0.1, 0.15) is 12.4 Å². The summed E-state index contributed by atoms with van der Waals surface area (Å²) in [7, 11) is 1.50. The lowest BCUT2D eigenvalue weighted by molar-refractivity contribution is -0.140. The van der Waals surface area contributed by atoms with Crippen LogP contribution in [0.1, 0.15) is 42.7 Å². The fraction of sp³-hybridized carbons (Fsp3) is 0.308. The van der Waals surface area contributed by atoms with E-state index in [1.165, 1.54) is 19.2 Å². The van der Waals surface area contributed by atoms with Crippen molar-refractivity contribution < 1.29 is 23.5 Å². The van der Waals surface area contributed by atoms with Gasteiger partial charge in [0, 0.05) is 46.1 Å². The maximum Gasteiger partial charge on any atom is 0.336 e. The molecule has 0 amide bonds. The van der Waals surface area contributed by atoms with E-state index in [9.17, 15) is 9.59 Å². The second-order valence-electron chi connectivity index (χ2n) is 8.30. The van der Waals surface area contributed by atoms with E-state index in [4.69, 9.17) is 32.7 Å². The van der Waals surface area contributed by atoms with Gasteiger partial charge in [-0.2, -0.15) is 0 Å². The minimum Gasteiger partial charge on any atom is -0.460 e. The molecule has 5 nitrogen and oxygen atoms in total. The van der Waals surface area contributed by atoms with Gasteiger partial charge in [0.2, 0.25) is 0 Å². The van der Waals surface area contributed by atoms with Crippen molar-refractivity contribution in [3.05, 3.63) is 92.0 Å². The van der Waals surface area contributed by atoms with Crippen LogP contribution in [0.5, 0.6) is 0 Å². The number of hydrogen-bond donors (Lipinski definition) is 1. The SMILES string of the molecule is COCCOC(=O)C1=C(C)NC2=C(C(=O)C[C@H](c3ccccc3Cl)C2)[C@H]1c1c(F)cccc1Cl. The van der Waals surface area contributed by atoms with Gasteiger partial charge >= 0.3 is 5.97 Å². The van der Waals surface area contributed by atoms with Gasteiger partial charge in [0.05, 0.1) is 18.1 Å². The Labute approximate surface area is 207 Å². The summed E-state index contributed by atoms with van der Waals surface area (Å²) in [6, 6.07) is 11.7. The number of Topliss-reactive ketones (excluding diaryl/α,β-unsaturated/α-hetero) is 1. The first-order chi connectivity index (χ1) is 16.3. The Kier molecular flexibility index (Phi) is 7.41. The van der Waals surface area contributed by atoms with Crippen LogP contribution < -0.4 is 5.32 Å². The van der Waals surface area contributed by atoms with Gasteiger partial charge in [-0.15, -0.1) is 0 Å². The summed E-state index contributed by atoms with van der Waals surface area (Å²) >= 11 is 12.8. The number of rotatable bonds is 6. The third-order valence-electron chi connectivity index (χ3n) is 6.20. The predicted molar refractivity (Wildman–Crippen MR) is 128 cm³/mol. The van der Waals surface area contributed by atoms with Gasteiger partial charge in [-0.05, 0) is 43.0 Å². The van der Waals surface area contributed by atoms with E-state index in [2.05, 4.69) is 5.32 Å². The molecule has 2 aromatic rings. The highest BCUT2D eigenvalue weighted by molar-refractivity contribution is 6.32. The van der Waals surface area contributed by atoms with Gasteiger partial charge in [-0.3, -0.25) is 4.79 Å². The first kappa shape index (κ1) is 24.5. The van der Waals surface area contributed by atoms with Crippen molar-refractivity contribution in [1.82, 2.24) is 5.32 Å². The van der Waals surface area contributed by atoms with Crippen molar-refractivity contribution in [3.8, 4) is 0 Å². The van der Waals surface area contributed by atoms with E-state index in [0.29, 0.717) is 28.4 Å². The Morgan fingerprint density at radius 3 is 2.53 bits per heavy atom. The molecule has 1 N–H and O–H groups in total. The summed E-state index contributed by atoms with van der Waals surface area (Å²) in [5, 5.41) is 3.95. The molecular weight excluding hydrogens is 480 g/mol. The highest BCUT2D eigenvalue weighted by atomic mass is 35.5. The zero-order valence-electron chi connectivity index (χ0n) is 18.8. The lowest BCUT2D eigenvalue weighted by Crippen LogP contribution is -2.36. The van der Waals surface area contributed by atoms with E-state index in [-0.39, 0.29) is 47.5 Å². The number of benzene rings is 2. The third kappa shape index (κ3) is 4.63. The van der Waals surface area contributed by atoms with Crippen molar-refractivity contribution in [2.24, 2.45) is 0 Å². The molecule has 2 atom stereocenters. The van der Waals surface area contributed by atoms with Crippen LogP contribution in [-0.2, 0) is 19.1 Å². The maximum atomic E-state index is 15.1. The molecule has 2 aromatic carbocycles. The quantitative estimate of drug-likeness (QED) is 0.405. The van der Waals surface area contributed by atoms with E-state index in [1.54, 1.807) is 19.1 Å². The lowest BCUT2D eigenvalue weighted by atomic mass is 9.71. The lowest BCUT2D eigenvalue weighted by Gasteiger charge is -2.37. The molecule has 0 spiro atoms. The largest absolute Gasteiger partial charge is 0.460 e. The van der Waals surface area contributed by atoms with Gasteiger partial charge in [0.25, 0.3) is 0 Å². The van der Waals surface area contributed by atoms with Crippen LogP contribution in [-0.4, -0.2) is 32.1 Å². The summed E-state index contributed by atoms with van der Waals surface area (Å²) in [6.07, 6.45) is 0.661. The third-order valence-corrected chi connectivity index (χ3v) is 6.88.